The number of nitrogens with zero attached hydrogens (tertiary/aromatic N) is 1. The van der Waals surface area contributed by atoms with Gasteiger partial charge in [-0.1, -0.05) is 6.07 Å². The Labute approximate surface area is 95.6 Å². The first-order chi connectivity index (χ1) is 7.84. The van der Waals surface area contributed by atoms with E-state index in [0.717, 1.165) is 18.8 Å². The van der Waals surface area contributed by atoms with Crippen LogP contribution >= 0.6 is 0 Å². The molecule has 1 aromatic rings. The largest absolute Gasteiger partial charge is 0.508 e. The number of aromatic hydroxyl groups is 1. The molecule has 1 fully saturated rings. The van der Waals surface area contributed by atoms with Crippen molar-refractivity contribution in [3.8, 4) is 11.5 Å². The predicted octanol–water partition coefficient (Wildman–Crippen LogP) is 2.31. The van der Waals surface area contributed by atoms with Gasteiger partial charge in [0.05, 0.1) is 6.61 Å². The molecule has 2 heterocycles. The van der Waals surface area contributed by atoms with Crippen LogP contribution in [0.5, 0.6) is 11.5 Å². The van der Waals surface area contributed by atoms with Crippen molar-refractivity contribution in [2.75, 3.05) is 19.7 Å². The minimum absolute atomic E-state index is 0.292. The monoisotopic (exact) mass is 219 g/mol. The first kappa shape index (κ1) is 9.97. The van der Waals surface area contributed by atoms with Gasteiger partial charge in [-0.3, -0.25) is 4.90 Å². The molecule has 1 atom stereocenters. The maximum atomic E-state index is 9.45. The molecule has 0 bridgehead atoms. The van der Waals surface area contributed by atoms with Crippen LogP contribution in [0.25, 0.3) is 0 Å². The zero-order chi connectivity index (χ0) is 11.0. The third kappa shape index (κ3) is 1.65. The highest BCUT2D eigenvalue weighted by Gasteiger charge is 2.28. The van der Waals surface area contributed by atoms with Gasteiger partial charge in [-0.25, -0.2) is 0 Å². The standard InChI is InChI=1S/C13H17NO2/c15-10-3-4-11-12(14-6-1-2-7-14)5-8-16-13(11)9-10/h3-4,9,12,15H,1-2,5-8H2. The number of phenols is 1. The highest BCUT2D eigenvalue weighted by atomic mass is 16.5. The normalized spacial score (nSPS) is 25.1. The summed E-state index contributed by atoms with van der Waals surface area (Å²) < 4.78 is 5.61. The molecule has 0 saturated carbocycles. The SMILES string of the molecule is Oc1ccc2c(c1)OCCC2N1CCCC1. The number of phenolic OH excluding ortho intramolecular Hbond substituents is 1. The van der Waals surface area contributed by atoms with Gasteiger partial charge in [-0.15, -0.1) is 0 Å². The highest BCUT2D eigenvalue weighted by Crippen LogP contribution is 2.38. The van der Waals surface area contributed by atoms with Gasteiger partial charge >= 0.3 is 0 Å². The summed E-state index contributed by atoms with van der Waals surface area (Å²) >= 11 is 0. The van der Waals surface area contributed by atoms with E-state index in [1.165, 1.54) is 31.5 Å². The van der Waals surface area contributed by atoms with Gasteiger partial charge in [0.15, 0.2) is 0 Å². The van der Waals surface area contributed by atoms with Crippen molar-refractivity contribution >= 4 is 0 Å². The Balaban J connectivity index is 1.93. The van der Waals surface area contributed by atoms with Crippen molar-refractivity contribution in [1.29, 1.82) is 0 Å². The van der Waals surface area contributed by atoms with Crippen LogP contribution in [0.1, 0.15) is 30.9 Å². The minimum Gasteiger partial charge on any atom is -0.508 e. The quantitative estimate of drug-likeness (QED) is 0.786. The highest BCUT2D eigenvalue weighted by molar-refractivity contribution is 5.43. The smallest absolute Gasteiger partial charge is 0.127 e. The number of likely N-dealkylation sites (tertiary alicyclic amines) is 1. The van der Waals surface area contributed by atoms with Crippen LogP contribution in [-0.4, -0.2) is 29.7 Å². The zero-order valence-electron chi connectivity index (χ0n) is 9.35. The van der Waals surface area contributed by atoms with Gasteiger partial charge in [-0.2, -0.15) is 0 Å². The van der Waals surface area contributed by atoms with E-state index in [4.69, 9.17) is 4.74 Å². The Morgan fingerprint density at radius 3 is 2.88 bits per heavy atom. The van der Waals surface area contributed by atoms with Gasteiger partial charge in [-0.05, 0) is 32.0 Å². The first-order valence-electron chi connectivity index (χ1n) is 6.04. The predicted molar refractivity (Wildman–Crippen MR) is 61.8 cm³/mol. The van der Waals surface area contributed by atoms with Crippen LogP contribution < -0.4 is 4.74 Å². The summed E-state index contributed by atoms with van der Waals surface area (Å²) in [5, 5.41) is 9.45. The fourth-order valence-corrected chi connectivity index (χ4v) is 2.79. The lowest BCUT2D eigenvalue weighted by Gasteiger charge is -2.32. The van der Waals surface area contributed by atoms with Crippen molar-refractivity contribution in [3.05, 3.63) is 23.8 Å². The van der Waals surface area contributed by atoms with Crippen LogP contribution in [0.15, 0.2) is 18.2 Å². The molecule has 1 saturated heterocycles. The molecule has 1 N–H and O–H groups in total. The third-order valence-electron chi connectivity index (χ3n) is 3.59. The molecule has 1 unspecified atom stereocenters. The molecule has 0 radical (unpaired) electrons. The lowest BCUT2D eigenvalue weighted by Crippen LogP contribution is -2.30. The molecule has 0 amide bonds. The van der Waals surface area contributed by atoms with Gasteiger partial charge < -0.3 is 9.84 Å². The number of ether oxygens (including phenoxy) is 1. The number of fused-ring (bicyclic) bond motifs is 1. The Morgan fingerprint density at radius 1 is 1.25 bits per heavy atom. The van der Waals surface area contributed by atoms with Crippen molar-refractivity contribution in [2.24, 2.45) is 0 Å². The molecule has 2 aliphatic rings. The Hall–Kier alpha value is -1.22. The molecule has 3 heteroatoms. The lowest BCUT2D eigenvalue weighted by molar-refractivity contribution is 0.165. The van der Waals surface area contributed by atoms with E-state index >= 15 is 0 Å². The first-order valence-corrected chi connectivity index (χ1v) is 6.04. The summed E-state index contributed by atoms with van der Waals surface area (Å²) in [6.07, 6.45) is 3.69. The second kappa shape index (κ2) is 3.98. The number of hydrogen-bond donors (Lipinski definition) is 1. The molecule has 0 aromatic heterocycles. The van der Waals surface area contributed by atoms with Gasteiger partial charge in [0.2, 0.25) is 0 Å². The van der Waals surface area contributed by atoms with E-state index in [2.05, 4.69) is 4.90 Å². The van der Waals surface area contributed by atoms with Gasteiger partial charge in [0.1, 0.15) is 11.5 Å². The Kier molecular flexibility index (Phi) is 2.48. The van der Waals surface area contributed by atoms with Gasteiger partial charge in [0.25, 0.3) is 0 Å². The van der Waals surface area contributed by atoms with E-state index in [-0.39, 0.29) is 0 Å². The van der Waals surface area contributed by atoms with E-state index in [9.17, 15) is 5.11 Å². The maximum Gasteiger partial charge on any atom is 0.127 e. The van der Waals surface area contributed by atoms with Crippen LogP contribution in [0.2, 0.25) is 0 Å². The minimum atomic E-state index is 0.292. The summed E-state index contributed by atoms with van der Waals surface area (Å²) in [4.78, 5) is 2.54. The molecule has 2 aliphatic heterocycles. The van der Waals surface area contributed by atoms with Crippen molar-refractivity contribution < 1.29 is 9.84 Å². The van der Waals surface area contributed by atoms with E-state index < -0.39 is 0 Å². The van der Waals surface area contributed by atoms with Crippen molar-refractivity contribution in [1.82, 2.24) is 4.90 Å². The molecule has 3 rings (SSSR count). The fourth-order valence-electron chi connectivity index (χ4n) is 2.79. The summed E-state index contributed by atoms with van der Waals surface area (Å²) in [6, 6.07) is 5.99. The van der Waals surface area contributed by atoms with Crippen LogP contribution in [0, 0.1) is 0 Å². The van der Waals surface area contributed by atoms with Crippen molar-refractivity contribution in [2.45, 2.75) is 25.3 Å². The van der Waals surface area contributed by atoms with E-state index in [0.29, 0.717) is 11.8 Å². The average molecular weight is 219 g/mol. The molecule has 0 spiro atoms. The summed E-state index contributed by atoms with van der Waals surface area (Å²) in [5.74, 6) is 1.16. The number of hydrogen-bond acceptors (Lipinski definition) is 3. The molecule has 86 valence electrons. The second-order valence-corrected chi connectivity index (χ2v) is 4.62. The zero-order valence-corrected chi connectivity index (χ0v) is 9.35. The van der Waals surface area contributed by atoms with E-state index in [1.54, 1.807) is 12.1 Å². The maximum absolute atomic E-state index is 9.45. The Bertz CT molecular complexity index is 386. The van der Waals surface area contributed by atoms with Crippen LogP contribution in [0.4, 0.5) is 0 Å². The molecular weight excluding hydrogens is 202 g/mol. The molecule has 16 heavy (non-hydrogen) atoms. The van der Waals surface area contributed by atoms with Gasteiger partial charge in [0, 0.05) is 24.1 Å². The second-order valence-electron chi connectivity index (χ2n) is 4.62. The average Bonchev–Trinajstić information content (AvgIpc) is 2.81. The Morgan fingerprint density at radius 2 is 2.06 bits per heavy atom. The summed E-state index contributed by atoms with van der Waals surface area (Å²) in [7, 11) is 0. The van der Waals surface area contributed by atoms with Crippen molar-refractivity contribution in [3.63, 3.8) is 0 Å². The molecule has 0 aliphatic carbocycles. The molecular formula is C13H17NO2. The van der Waals surface area contributed by atoms with Crippen LogP contribution in [0.3, 0.4) is 0 Å². The topological polar surface area (TPSA) is 32.7 Å². The summed E-state index contributed by atoms with van der Waals surface area (Å²) in [6.45, 7) is 3.16. The van der Waals surface area contributed by atoms with Crippen LogP contribution in [-0.2, 0) is 0 Å². The molecule has 1 aromatic carbocycles. The fraction of sp³-hybridized carbons (Fsp3) is 0.538. The van der Waals surface area contributed by atoms with E-state index in [1.807, 2.05) is 6.07 Å². The molecule has 3 nitrogen and oxygen atoms in total. The third-order valence-corrected chi connectivity index (χ3v) is 3.59. The number of benzene rings is 1. The summed E-state index contributed by atoms with van der Waals surface area (Å²) in [5.41, 5.74) is 1.24. The number of rotatable bonds is 1. The lowest BCUT2D eigenvalue weighted by atomic mass is 9.99.